The number of rotatable bonds is 4. The molecule has 1 aliphatic carbocycles. The van der Waals surface area contributed by atoms with Crippen molar-refractivity contribution in [3.63, 3.8) is 0 Å². The minimum Gasteiger partial charge on any atom is -0.384 e. The minimum absolute atomic E-state index is 0.111. The molecular formula is C14H20N2O2S. The van der Waals surface area contributed by atoms with Crippen LogP contribution in [0.2, 0.25) is 0 Å². The highest BCUT2D eigenvalue weighted by atomic mass is 32.1. The van der Waals surface area contributed by atoms with Crippen molar-refractivity contribution < 1.29 is 9.90 Å². The highest BCUT2D eigenvalue weighted by Gasteiger charge is 2.24. The van der Waals surface area contributed by atoms with Crippen LogP contribution in [0, 0.1) is 0 Å². The molecule has 0 spiro atoms. The van der Waals surface area contributed by atoms with Crippen LogP contribution in [0.4, 0.5) is 4.79 Å². The van der Waals surface area contributed by atoms with Gasteiger partial charge in [-0.25, -0.2) is 4.79 Å². The Labute approximate surface area is 117 Å². The van der Waals surface area contributed by atoms with E-state index in [0.29, 0.717) is 0 Å². The first-order valence-electron chi connectivity index (χ1n) is 6.54. The Balaban J connectivity index is 1.80. The molecule has 1 aliphatic rings. The van der Waals surface area contributed by atoms with Gasteiger partial charge >= 0.3 is 6.03 Å². The summed E-state index contributed by atoms with van der Waals surface area (Å²) in [4.78, 5) is 11.8. The number of amides is 2. The van der Waals surface area contributed by atoms with Crippen LogP contribution in [0.15, 0.2) is 29.0 Å². The third-order valence-electron chi connectivity index (χ3n) is 3.31. The zero-order valence-corrected chi connectivity index (χ0v) is 11.9. The van der Waals surface area contributed by atoms with E-state index in [1.165, 1.54) is 11.3 Å². The molecule has 0 aromatic carbocycles. The van der Waals surface area contributed by atoms with E-state index >= 15 is 0 Å². The van der Waals surface area contributed by atoms with Crippen LogP contribution in [0.3, 0.4) is 0 Å². The first kappa shape index (κ1) is 14.1. The van der Waals surface area contributed by atoms with Gasteiger partial charge < -0.3 is 15.7 Å². The Morgan fingerprint density at radius 2 is 2.47 bits per heavy atom. The molecule has 2 unspecified atom stereocenters. The Kier molecular flexibility index (Phi) is 4.61. The number of carbonyl (C=O) groups excluding carboxylic acids is 1. The average molecular weight is 280 g/mol. The van der Waals surface area contributed by atoms with Crippen LogP contribution in [-0.4, -0.2) is 23.7 Å². The number of nitrogens with one attached hydrogen (secondary N) is 2. The van der Waals surface area contributed by atoms with Crippen molar-refractivity contribution in [3.05, 3.63) is 34.5 Å². The molecule has 2 atom stereocenters. The van der Waals surface area contributed by atoms with E-state index in [0.717, 1.165) is 24.8 Å². The summed E-state index contributed by atoms with van der Waals surface area (Å²) >= 11 is 1.53. The summed E-state index contributed by atoms with van der Waals surface area (Å²) in [5.74, 6) is 0. The van der Waals surface area contributed by atoms with Crippen molar-refractivity contribution in [2.24, 2.45) is 0 Å². The van der Waals surface area contributed by atoms with E-state index in [9.17, 15) is 9.90 Å². The third-order valence-corrected chi connectivity index (χ3v) is 3.99. The second-order valence-corrected chi connectivity index (χ2v) is 5.86. The van der Waals surface area contributed by atoms with E-state index in [4.69, 9.17) is 0 Å². The number of thiophene rings is 1. The van der Waals surface area contributed by atoms with Gasteiger partial charge in [0.1, 0.15) is 5.60 Å². The van der Waals surface area contributed by atoms with Crippen molar-refractivity contribution in [3.8, 4) is 0 Å². The summed E-state index contributed by atoms with van der Waals surface area (Å²) < 4.78 is 0. The van der Waals surface area contributed by atoms with Crippen LogP contribution in [0.5, 0.6) is 0 Å². The predicted molar refractivity (Wildman–Crippen MR) is 77.2 cm³/mol. The molecule has 3 N–H and O–H groups in total. The molecule has 4 nitrogen and oxygen atoms in total. The molecule has 0 fully saturated rings. The maximum Gasteiger partial charge on any atom is 0.315 e. The molecule has 0 radical (unpaired) electrons. The minimum atomic E-state index is -1.03. The van der Waals surface area contributed by atoms with Gasteiger partial charge in [0.05, 0.1) is 6.54 Å². The molecule has 0 aliphatic heterocycles. The highest BCUT2D eigenvalue weighted by molar-refractivity contribution is 7.08. The van der Waals surface area contributed by atoms with Crippen molar-refractivity contribution in [1.82, 2.24) is 10.6 Å². The second-order valence-electron chi connectivity index (χ2n) is 5.08. The topological polar surface area (TPSA) is 61.4 Å². The van der Waals surface area contributed by atoms with Crippen LogP contribution >= 0.6 is 11.3 Å². The van der Waals surface area contributed by atoms with Crippen LogP contribution < -0.4 is 10.6 Å². The number of hydrogen-bond acceptors (Lipinski definition) is 3. The Bertz CT molecular complexity index is 440. The van der Waals surface area contributed by atoms with Crippen LogP contribution in [0.25, 0.3) is 0 Å². The summed E-state index contributed by atoms with van der Waals surface area (Å²) in [6.07, 6.45) is 7.29. The van der Waals surface area contributed by atoms with Gasteiger partial charge in [0.25, 0.3) is 0 Å². The molecule has 5 heteroatoms. The zero-order valence-electron chi connectivity index (χ0n) is 11.1. The van der Waals surface area contributed by atoms with E-state index < -0.39 is 5.60 Å². The fourth-order valence-electron chi connectivity index (χ4n) is 2.08. The number of carbonyl (C=O) groups is 1. The van der Waals surface area contributed by atoms with Gasteiger partial charge in [0, 0.05) is 6.04 Å². The van der Waals surface area contributed by atoms with Gasteiger partial charge in [0.2, 0.25) is 0 Å². The summed E-state index contributed by atoms with van der Waals surface area (Å²) in [5, 5.41) is 19.7. The lowest BCUT2D eigenvalue weighted by Crippen LogP contribution is -2.46. The monoisotopic (exact) mass is 280 g/mol. The van der Waals surface area contributed by atoms with Crippen molar-refractivity contribution in [2.45, 2.75) is 37.8 Å². The molecule has 0 saturated carbocycles. The van der Waals surface area contributed by atoms with Crippen LogP contribution in [0.1, 0.15) is 31.7 Å². The first-order valence-corrected chi connectivity index (χ1v) is 7.48. The maximum absolute atomic E-state index is 11.8. The van der Waals surface area contributed by atoms with Gasteiger partial charge in [-0.3, -0.25) is 0 Å². The SMILES string of the molecule is CC(O)(CNC(=O)NC1C=CCCC1)c1ccsc1. The van der Waals surface area contributed by atoms with Crippen molar-refractivity contribution in [2.75, 3.05) is 6.54 Å². The predicted octanol–water partition coefficient (Wildman–Crippen LogP) is 2.36. The summed E-state index contributed by atoms with van der Waals surface area (Å²) in [6, 6.07) is 1.75. The molecule has 1 aromatic heterocycles. The molecule has 2 amide bonds. The van der Waals surface area contributed by atoms with Gasteiger partial charge in [-0.05, 0) is 48.6 Å². The Hall–Kier alpha value is -1.33. The van der Waals surface area contributed by atoms with E-state index in [-0.39, 0.29) is 18.6 Å². The number of urea groups is 1. The van der Waals surface area contributed by atoms with Gasteiger partial charge in [-0.1, -0.05) is 12.2 Å². The van der Waals surface area contributed by atoms with E-state index in [2.05, 4.69) is 16.7 Å². The molecule has 1 heterocycles. The average Bonchev–Trinajstić information content (AvgIpc) is 2.92. The quantitative estimate of drug-likeness (QED) is 0.741. The first-order chi connectivity index (χ1) is 9.08. The van der Waals surface area contributed by atoms with Gasteiger partial charge in [-0.2, -0.15) is 11.3 Å². The fourth-order valence-corrected chi connectivity index (χ4v) is 2.86. The molecule has 19 heavy (non-hydrogen) atoms. The molecular weight excluding hydrogens is 260 g/mol. The molecule has 2 rings (SSSR count). The van der Waals surface area contributed by atoms with E-state index in [1.54, 1.807) is 6.92 Å². The summed E-state index contributed by atoms with van der Waals surface area (Å²) in [5.41, 5.74) is -0.199. The standard InChI is InChI=1S/C14H20N2O2S/c1-14(18,11-7-8-19-9-11)10-15-13(17)16-12-5-3-2-4-6-12/h3,5,7-9,12,18H,2,4,6,10H2,1H3,(H2,15,16,17). The van der Waals surface area contributed by atoms with E-state index in [1.807, 2.05) is 22.9 Å². The number of allylic oxidation sites excluding steroid dienone is 1. The van der Waals surface area contributed by atoms with Crippen molar-refractivity contribution in [1.29, 1.82) is 0 Å². The fraction of sp³-hybridized carbons (Fsp3) is 0.500. The van der Waals surface area contributed by atoms with Crippen LogP contribution in [-0.2, 0) is 5.60 Å². The normalized spacial score (nSPS) is 21.7. The smallest absolute Gasteiger partial charge is 0.315 e. The number of aliphatic hydroxyl groups is 1. The largest absolute Gasteiger partial charge is 0.384 e. The van der Waals surface area contributed by atoms with Gasteiger partial charge in [0.15, 0.2) is 0 Å². The Morgan fingerprint density at radius 3 is 3.11 bits per heavy atom. The lowest BCUT2D eigenvalue weighted by Gasteiger charge is -2.24. The summed E-state index contributed by atoms with van der Waals surface area (Å²) in [7, 11) is 0. The second kappa shape index (κ2) is 6.21. The molecule has 1 aromatic rings. The zero-order chi connectivity index (χ0) is 13.7. The maximum atomic E-state index is 11.8. The molecule has 0 bridgehead atoms. The van der Waals surface area contributed by atoms with Crippen molar-refractivity contribution >= 4 is 17.4 Å². The lowest BCUT2D eigenvalue weighted by molar-refractivity contribution is 0.0597. The lowest BCUT2D eigenvalue weighted by atomic mass is 9.99. The molecule has 0 saturated heterocycles. The summed E-state index contributed by atoms with van der Waals surface area (Å²) in [6.45, 7) is 1.90. The van der Waals surface area contributed by atoms with Gasteiger partial charge in [-0.15, -0.1) is 0 Å². The third kappa shape index (κ3) is 4.08. The Morgan fingerprint density at radius 1 is 1.63 bits per heavy atom. The molecule has 104 valence electrons. The highest BCUT2D eigenvalue weighted by Crippen LogP contribution is 2.21. The number of hydrogen-bond donors (Lipinski definition) is 3.